The number of ketones is 1. The molecule has 0 radical (unpaired) electrons. The van der Waals surface area contributed by atoms with Gasteiger partial charge in [-0.25, -0.2) is 0 Å². The second-order valence-electron chi connectivity index (χ2n) is 11.6. The third-order valence-electron chi connectivity index (χ3n) is 9.84. The smallest absolute Gasteiger partial charge is 0.320 e. The fraction of sp³-hybridized carbons (Fsp3) is 0.880. The molecule has 8 atom stereocenters. The van der Waals surface area contributed by atoms with Crippen LogP contribution in [0.15, 0.2) is 0 Å². The van der Waals surface area contributed by atoms with Crippen molar-refractivity contribution in [3.8, 4) is 11.8 Å². The highest BCUT2D eigenvalue weighted by Crippen LogP contribution is 2.64. The molecule has 178 valence electrons. The Balaban J connectivity index is 1.26. The van der Waals surface area contributed by atoms with Crippen molar-refractivity contribution in [1.82, 2.24) is 0 Å². The molecule has 5 aliphatic carbocycles. The van der Waals surface area contributed by atoms with Crippen LogP contribution in [0.1, 0.15) is 77.6 Å². The number of fused-ring (bicyclic) bond motifs is 5. The molecule has 5 rings (SSSR count). The molecule has 5 saturated carbocycles. The van der Waals surface area contributed by atoms with Crippen LogP contribution >= 0.6 is 10.8 Å². The number of hydrogen-bond donors (Lipinski definition) is 2. The van der Waals surface area contributed by atoms with Gasteiger partial charge in [-0.05, 0) is 106 Å². The van der Waals surface area contributed by atoms with E-state index < -0.39 is 14.8 Å². The molecule has 7 heteroatoms. The molecule has 5 fully saturated rings. The molecule has 0 aromatic heterocycles. The van der Waals surface area contributed by atoms with E-state index in [1.165, 1.54) is 19.3 Å². The summed E-state index contributed by atoms with van der Waals surface area (Å²) in [5, 5.41) is 11.1. The molecular weight excluding hydrogens is 444 g/mol. The molecule has 5 aliphatic rings. The van der Waals surface area contributed by atoms with Crippen LogP contribution in [0.5, 0.6) is 0 Å². The first kappa shape index (κ1) is 23.2. The molecule has 0 aliphatic heterocycles. The van der Waals surface area contributed by atoms with Crippen LogP contribution in [0.4, 0.5) is 0 Å². The molecular formula is C25H36O5S2. The minimum atomic E-state index is -4.18. The van der Waals surface area contributed by atoms with Gasteiger partial charge in [0, 0.05) is 22.6 Å². The van der Waals surface area contributed by atoms with Gasteiger partial charge in [-0.3, -0.25) is 9.35 Å². The predicted molar refractivity (Wildman–Crippen MR) is 125 cm³/mol. The van der Waals surface area contributed by atoms with Crippen LogP contribution in [0.3, 0.4) is 0 Å². The van der Waals surface area contributed by atoms with Crippen molar-refractivity contribution in [1.29, 1.82) is 0 Å². The van der Waals surface area contributed by atoms with E-state index in [0.717, 1.165) is 51.4 Å². The Morgan fingerprint density at radius 2 is 1.75 bits per heavy atom. The molecule has 32 heavy (non-hydrogen) atoms. The summed E-state index contributed by atoms with van der Waals surface area (Å²) >= 11 is 0. The van der Waals surface area contributed by atoms with Crippen LogP contribution in [0.25, 0.3) is 0 Å². The standard InChI is InChI=1S/C25H36O5S2/c1-24-11-9-19-18-10-13-25(27,12-8-16-2-3-16)14-17(18)4-5-20(19)21(24)6-7-22(24)23(26)15-31-32(28,29)30/h16-22,27H,2-7,9-11,13-15H2,1H3,(H,28,29,30)/t17-,18+,19-,20-,21+,22-,24+,25-/m1/s1. The van der Waals surface area contributed by atoms with E-state index >= 15 is 0 Å². The lowest BCUT2D eigenvalue weighted by atomic mass is 9.49. The normalized spacial score (nSPS) is 45.7. The Labute approximate surface area is 196 Å². The number of aliphatic hydroxyl groups is 1. The first-order valence-electron chi connectivity index (χ1n) is 12.5. The van der Waals surface area contributed by atoms with Gasteiger partial charge in [0.15, 0.2) is 0 Å². The van der Waals surface area contributed by atoms with Crippen LogP contribution in [0.2, 0.25) is 0 Å². The van der Waals surface area contributed by atoms with Gasteiger partial charge in [-0.15, -0.1) is 0 Å². The Hall–Kier alpha value is -0.550. The number of Topliss-reactive ketones (excluding diaryl/α,β-unsaturated/α-hetero) is 1. The number of carbonyl (C=O) groups excluding carboxylic acids is 1. The van der Waals surface area contributed by atoms with Crippen molar-refractivity contribution >= 4 is 25.7 Å². The zero-order chi connectivity index (χ0) is 22.7. The van der Waals surface area contributed by atoms with Gasteiger partial charge in [0.25, 0.3) is 0 Å². The first-order valence-corrected chi connectivity index (χ1v) is 15.4. The lowest BCUT2D eigenvalue weighted by molar-refractivity contribution is -0.129. The average molecular weight is 481 g/mol. The highest BCUT2D eigenvalue weighted by molar-refractivity contribution is 8.70. The second kappa shape index (κ2) is 8.29. The van der Waals surface area contributed by atoms with Crippen LogP contribution in [-0.4, -0.2) is 35.2 Å². The molecule has 2 N–H and O–H groups in total. The molecule has 0 heterocycles. The molecule has 0 aromatic carbocycles. The lowest BCUT2D eigenvalue weighted by Gasteiger charge is -2.56. The minimum Gasteiger partial charge on any atom is -0.378 e. The second-order valence-corrected chi connectivity index (χ2v) is 14.9. The van der Waals surface area contributed by atoms with E-state index in [-0.39, 0.29) is 22.9 Å². The van der Waals surface area contributed by atoms with Gasteiger partial charge >= 0.3 is 9.15 Å². The van der Waals surface area contributed by atoms with Crippen molar-refractivity contribution < 1.29 is 22.9 Å². The summed E-state index contributed by atoms with van der Waals surface area (Å²) < 4.78 is 31.2. The number of carbonyl (C=O) groups is 1. The Bertz CT molecular complexity index is 932. The van der Waals surface area contributed by atoms with Crippen molar-refractivity contribution in [3.05, 3.63) is 0 Å². The molecule has 0 amide bonds. The fourth-order valence-electron chi connectivity index (χ4n) is 8.22. The monoisotopic (exact) mass is 480 g/mol. The lowest BCUT2D eigenvalue weighted by Crippen LogP contribution is -2.51. The predicted octanol–water partition coefficient (Wildman–Crippen LogP) is 4.50. The maximum Gasteiger partial charge on any atom is 0.320 e. The molecule has 0 spiro atoms. The van der Waals surface area contributed by atoms with Gasteiger partial charge in [0.05, 0.1) is 5.75 Å². The van der Waals surface area contributed by atoms with Crippen molar-refractivity contribution in [2.75, 3.05) is 5.75 Å². The van der Waals surface area contributed by atoms with Crippen LogP contribution < -0.4 is 0 Å². The van der Waals surface area contributed by atoms with E-state index in [0.29, 0.717) is 46.3 Å². The number of hydrogen-bond acceptors (Lipinski definition) is 5. The summed E-state index contributed by atoms with van der Waals surface area (Å²) in [5.74, 6) is 9.94. The molecule has 0 bridgehead atoms. The van der Waals surface area contributed by atoms with E-state index in [1.807, 2.05) is 0 Å². The van der Waals surface area contributed by atoms with E-state index in [9.17, 15) is 18.3 Å². The Kier molecular flexibility index (Phi) is 6.01. The maximum atomic E-state index is 12.9. The van der Waals surface area contributed by atoms with Crippen LogP contribution in [0, 0.1) is 58.7 Å². The molecule has 5 nitrogen and oxygen atoms in total. The highest BCUT2D eigenvalue weighted by Gasteiger charge is 2.58. The quantitative estimate of drug-likeness (QED) is 0.350. The average Bonchev–Trinajstić information content (AvgIpc) is 3.49. The van der Waals surface area contributed by atoms with E-state index in [1.54, 1.807) is 0 Å². The van der Waals surface area contributed by atoms with E-state index in [2.05, 4.69) is 18.8 Å². The largest absolute Gasteiger partial charge is 0.378 e. The van der Waals surface area contributed by atoms with Gasteiger partial charge < -0.3 is 5.11 Å². The summed E-state index contributed by atoms with van der Waals surface area (Å²) in [4.78, 5) is 12.9. The molecule has 0 saturated heterocycles. The molecule has 0 unspecified atom stereocenters. The minimum absolute atomic E-state index is 0.0123. The summed E-state index contributed by atoms with van der Waals surface area (Å²) in [6.07, 6.45) is 11.5. The maximum absolute atomic E-state index is 12.9. The van der Waals surface area contributed by atoms with Gasteiger partial charge in [0.1, 0.15) is 11.4 Å². The molecule has 0 aromatic rings. The third-order valence-corrected chi connectivity index (χ3v) is 11.8. The highest BCUT2D eigenvalue weighted by atomic mass is 33.1. The Morgan fingerprint density at radius 3 is 2.47 bits per heavy atom. The third kappa shape index (κ3) is 4.42. The zero-order valence-electron chi connectivity index (χ0n) is 19.0. The van der Waals surface area contributed by atoms with E-state index in [4.69, 9.17) is 4.55 Å². The van der Waals surface area contributed by atoms with Gasteiger partial charge in [-0.2, -0.15) is 8.42 Å². The number of rotatable bonds is 4. The van der Waals surface area contributed by atoms with Crippen LogP contribution in [-0.2, 0) is 13.9 Å². The van der Waals surface area contributed by atoms with Crippen molar-refractivity contribution in [2.45, 2.75) is 83.2 Å². The Morgan fingerprint density at radius 1 is 1.00 bits per heavy atom. The summed E-state index contributed by atoms with van der Waals surface area (Å²) in [6, 6.07) is 0. The van der Waals surface area contributed by atoms with Crippen molar-refractivity contribution in [2.24, 2.45) is 46.8 Å². The fourth-order valence-corrected chi connectivity index (χ4v) is 9.48. The summed E-state index contributed by atoms with van der Waals surface area (Å²) in [5.41, 5.74) is -0.828. The SMILES string of the molecule is C[C@]12CC[C@H]3[C@@H](CC[C@@H]4C[C@@](O)(C#CC5CC5)CC[C@@H]43)[C@@H]1CC[C@@H]2C(=O)CSS(=O)(=O)O. The van der Waals surface area contributed by atoms with Crippen molar-refractivity contribution in [3.63, 3.8) is 0 Å². The summed E-state index contributed by atoms with van der Waals surface area (Å²) in [6.45, 7) is 2.26. The van der Waals surface area contributed by atoms with Gasteiger partial charge in [-0.1, -0.05) is 18.8 Å². The van der Waals surface area contributed by atoms with Gasteiger partial charge in [0.2, 0.25) is 0 Å². The first-order chi connectivity index (χ1) is 15.1. The summed E-state index contributed by atoms with van der Waals surface area (Å²) in [7, 11) is -3.82. The topological polar surface area (TPSA) is 91.7 Å². The zero-order valence-corrected chi connectivity index (χ0v) is 20.6.